The molecule has 0 fully saturated rings. The van der Waals surface area contributed by atoms with Crippen LogP contribution in [0.5, 0.6) is 0 Å². The maximum absolute atomic E-state index is 6.37. The summed E-state index contributed by atoms with van der Waals surface area (Å²) in [5, 5.41) is 0.741. The van der Waals surface area contributed by atoms with E-state index in [2.05, 4.69) is 43.0 Å². The Labute approximate surface area is 119 Å². The zero-order valence-corrected chi connectivity index (χ0v) is 12.1. The molecule has 0 aliphatic heterocycles. The fourth-order valence-electron chi connectivity index (χ4n) is 2.22. The minimum absolute atomic E-state index is 0.484. The molecule has 3 heteroatoms. The molecular formula is C16H19ClN2. The van der Waals surface area contributed by atoms with E-state index in [0.717, 1.165) is 28.5 Å². The number of anilines is 2. The molecule has 0 unspecified atom stereocenters. The number of hydrogen-bond acceptors (Lipinski definition) is 2. The fraction of sp³-hybridized carbons (Fsp3) is 0.250. The van der Waals surface area contributed by atoms with Crippen molar-refractivity contribution < 1.29 is 0 Å². The molecular weight excluding hydrogens is 256 g/mol. The smallest absolute Gasteiger partial charge is 0.0646 e. The molecule has 2 aromatic carbocycles. The van der Waals surface area contributed by atoms with Gasteiger partial charge in [0.25, 0.3) is 0 Å². The predicted molar refractivity (Wildman–Crippen MR) is 83.2 cm³/mol. The fourth-order valence-corrected chi connectivity index (χ4v) is 2.52. The Kier molecular flexibility index (Phi) is 4.46. The van der Waals surface area contributed by atoms with Crippen molar-refractivity contribution in [1.82, 2.24) is 0 Å². The van der Waals surface area contributed by atoms with E-state index < -0.39 is 0 Å². The molecule has 0 saturated carbocycles. The van der Waals surface area contributed by atoms with Gasteiger partial charge in [0.15, 0.2) is 0 Å². The summed E-state index contributed by atoms with van der Waals surface area (Å²) in [4.78, 5) is 2.20. The lowest BCUT2D eigenvalue weighted by Gasteiger charge is -2.27. The van der Waals surface area contributed by atoms with Crippen molar-refractivity contribution in [1.29, 1.82) is 0 Å². The van der Waals surface area contributed by atoms with Crippen LogP contribution in [0, 0.1) is 6.92 Å². The molecule has 0 amide bonds. The normalized spacial score (nSPS) is 10.5. The monoisotopic (exact) mass is 274 g/mol. The molecule has 2 nitrogen and oxygen atoms in total. The van der Waals surface area contributed by atoms with E-state index in [0.29, 0.717) is 6.54 Å². The summed E-state index contributed by atoms with van der Waals surface area (Å²) < 4.78 is 0. The number of nitrogens with zero attached hydrogens (tertiary/aromatic N) is 1. The van der Waals surface area contributed by atoms with Crippen molar-refractivity contribution in [2.45, 2.75) is 20.4 Å². The van der Waals surface area contributed by atoms with Gasteiger partial charge in [-0.05, 0) is 37.6 Å². The first-order chi connectivity index (χ1) is 9.17. The molecule has 19 heavy (non-hydrogen) atoms. The van der Waals surface area contributed by atoms with Gasteiger partial charge >= 0.3 is 0 Å². The van der Waals surface area contributed by atoms with Gasteiger partial charge in [-0.1, -0.05) is 41.4 Å². The summed E-state index contributed by atoms with van der Waals surface area (Å²) in [6.07, 6.45) is 0. The highest BCUT2D eigenvalue weighted by atomic mass is 35.5. The lowest BCUT2D eigenvalue weighted by Crippen LogP contribution is -2.19. The molecule has 2 aromatic rings. The number of hydrogen-bond donors (Lipinski definition) is 1. The molecule has 0 atom stereocenters. The average molecular weight is 275 g/mol. The number of aryl methyl sites for hydroxylation is 1. The van der Waals surface area contributed by atoms with Crippen LogP contribution >= 0.6 is 11.6 Å². The molecule has 0 saturated heterocycles. The molecule has 0 heterocycles. The Balaban J connectivity index is 2.50. The highest BCUT2D eigenvalue weighted by molar-refractivity contribution is 6.33. The Morgan fingerprint density at radius 2 is 1.79 bits per heavy atom. The van der Waals surface area contributed by atoms with Gasteiger partial charge in [0.1, 0.15) is 0 Å². The number of benzene rings is 2. The second-order valence-electron chi connectivity index (χ2n) is 4.53. The van der Waals surface area contributed by atoms with Gasteiger partial charge in [0.05, 0.1) is 10.7 Å². The van der Waals surface area contributed by atoms with Crippen molar-refractivity contribution in [3.05, 3.63) is 58.6 Å². The summed E-state index contributed by atoms with van der Waals surface area (Å²) >= 11 is 6.37. The van der Waals surface area contributed by atoms with Crippen LogP contribution in [0.25, 0.3) is 0 Å². The summed E-state index contributed by atoms with van der Waals surface area (Å²) in [5.41, 5.74) is 10.3. The third kappa shape index (κ3) is 2.91. The molecule has 0 aliphatic rings. The summed E-state index contributed by atoms with van der Waals surface area (Å²) in [6.45, 7) is 5.53. The van der Waals surface area contributed by atoms with Crippen LogP contribution in [0.3, 0.4) is 0 Å². The highest BCUT2D eigenvalue weighted by Gasteiger charge is 2.14. The Morgan fingerprint density at radius 1 is 1.11 bits per heavy atom. The van der Waals surface area contributed by atoms with Crippen LogP contribution < -0.4 is 10.6 Å². The third-order valence-electron chi connectivity index (χ3n) is 3.22. The molecule has 0 bridgehead atoms. The minimum atomic E-state index is 0.484. The van der Waals surface area contributed by atoms with Gasteiger partial charge in [-0.2, -0.15) is 0 Å². The van der Waals surface area contributed by atoms with Crippen molar-refractivity contribution in [3.8, 4) is 0 Å². The van der Waals surface area contributed by atoms with E-state index in [1.54, 1.807) is 0 Å². The van der Waals surface area contributed by atoms with Crippen LogP contribution in [-0.4, -0.2) is 6.54 Å². The van der Waals surface area contributed by atoms with E-state index in [4.69, 9.17) is 17.3 Å². The Bertz CT molecular complexity index is 549. The molecule has 0 radical (unpaired) electrons. The number of nitrogens with two attached hydrogens (primary N) is 1. The maximum atomic E-state index is 6.37. The van der Waals surface area contributed by atoms with Crippen LogP contribution in [0.2, 0.25) is 5.02 Å². The van der Waals surface area contributed by atoms with E-state index >= 15 is 0 Å². The first kappa shape index (κ1) is 13.9. The quantitative estimate of drug-likeness (QED) is 0.902. The van der Waals surface area contributed by atoms with Crippen molar-refractivity contribution in [2.75, 3.05) is 11.4 Å². The largest absolute Gasteiger partial charge is 0.340 e. The van der Waals surface area contributed by atoms with Gasteiger partial charge in [-0.15, -0.1) is 0 Å². The average Bonchev–Trinajstić information content (AvgIpc) is 2.43. The predicted octanol–water partition coefficient (Wildman–Crippen LogP) is 4.27. The molecule has 0 spiro atoms. The summed E-state index contributed by atoms with van der Waals surface area (Å²) in [5.74, 6) is 0. The second-order valence-corrected chi connectivity index (χ2v) is 4.94. The lowest BCUT2D eigenvalue weighted by molar-refractivity contribution is 0.983. The Hall–Kier alpha value is -1.51. The summed E-state index contributed by atoms with van der Waals surface area (Å²) in [6, 6.07) is 14.3. The van der Waals surface area contributed by atoms with Gasteiger partial charge in [0, 0.05) is 18.8 Å². The van der Waals surface area contributed by atoms with Crippen LogP contribution in [0.1, 0.15) is 18.1 Å². The van der Waals surface area contributed by atoms with Crippen molar-refractivity contribution in [3.63, 3.8) is 0 Å². The van der Waals surface area contributed by atoms with Crippen molar-refractivity contribution >= 4 is 23.0 Å². The van der Waals surface area contributed by atoms with Gasteiger partial charge in [0.2, 0.25) is 0 Å². The van der Waals surface area contributed by atoms with Crippen LogP contribution in [0.4, 0.5) is 11.4 Å². The van der Waals surface area contributed by atoms with Gasteiger partial charge in [-0.3, -0.25) is 0 Å². The third-order valence-corrected chi connectivity index (χ3v) is 3.53. The Morgan fingerprint density at radius 3 is 2.37 bits per heavy atom. The molecule has 2 rings (SSSR count). The molecule has 0 aromatic heterocycles. The van der Waals surface area contributed by atoms with Gasteiger partial charge in [-0.25, -0.2) is 0 Å². The number of rotatable bonds is 4. The zero-order valence-electron chi connectivity index (χ0n) is 11.4. The lowest BCUT2D eigenvalue weighted by atomic mass is 10.1. The first-order valence-corrected chi connectivity index (χ1v) is 6.86. The van der Waals surface area contributed by atoms with Crippen LogP contribution in [0.15, 0.2) is 42.5 Å². The van der Waals surface area contributed by atoms with E-state index in [-0.39, 0.29) is 0 Å². The highest BCUT2D eigenvalue weighted by Crippen LogP contribution is 2.34. The standard InChI is InChI=1S/C16H19ClN2/c1-3-19(14-9-7-12(2)8-10-14)16-13(11-18)5-4-6-15(16)17/h4-10H,3,11,18H2,1-2H3. The second kappa shape index (κ2) is 6.09. The van der Waals surface area contributed by atoms with Crippen molar-refractivity contribution in [2.24, 2.45) is 5.73 Å². The zero-order chi connectivity index (χ0) is 13.8. The molecule has 2 N–H and O–H groups in total. The topological polar surface area (TPSA) is 29.3 Å². The molecule has 0 aliphatic carbocycles. The van der Waals surface area contributed by atoms with E-state index in [1.807, 2.05) is 18.2 Å². The van der Waals surface area contributed by atoms with Crippen LogP contribution in [-0.2, 0) is 6.54 Å². The number of para-hydroxylation sites is 1. The molecule has 100 valence electrons. The number of halogens is 1. The minimum Gasteiger partial charge on any atom is -0.340 e. The summed E-state index contributed by atoms with van der Waals surface area (Å²) in [7, 11) is 0. The maximum Gasteiger partial charge on any atom is 0.0646 e. The SMILES string of the molecule is CCN(c1ccc(C)cc1)c1c(Cl)cccc1CN. The van der Waals surface area contributed by atoms with E-state index in [1.165, 1.54) is 5.56 Å². The first-order valence-electron chi connectivity index (χ1n) is 6.49. The van der Waals surface area contributed by atoms with E-state index in [9.17, 15) is 0 Å². The van der Waals surface area contributed by atoms with Gasteiger partial charge < -0.3 is 10.6 Å².